The Labute approximate surface area is 169 Å². The Kier molecular flexibility index (Phi) is 8.04. The zero-order chi connectivity index (χ0) is 21.6. The van der Waals surface area contributed by atoms with Crippen LogP contribution in [0.25, 0.3) is 0 Å². The van der Waals surface area contributed by atoms with Crippen LogP contribution < -0.4 is 5.32 Å². The van der Waals surface area contributed by atoms with E-state index in [1.807, 2.05) is 0 Å². The summed E-state index contributed by atoms with van der Waals surface area (Å²) in [5, 5.41) is 12.5. The third-order valence-corrected chi connectivity index (χ3v) is 3.70. The van der Waals surface area contributed by atoms with E-state index in [4.69, 9.17) is 21.1 Å². The van der Waals surface area contributed by atoms with Crippen molar-refractivity contribution >= 4 is 35.5 Å². The van der Waals surface area contributed by atoms with Gasteiger partial charge in [-0.2, -0.15) is 0 Å². The highest BCUT2D eigenvalue weighted by molar-refractivity contribution is 6.20. The average Bonchev–Trinajstić information content (AvgIpc) is 2.56. The molecule has 0 fully saturated rings. The van der Waals surface area contributed by atoms with Crippen molar-refractivity contribution in [2.24, 2.45) is 0 Å². The number of carboxylic acid groups (broad SMARTS) is 1. The molecular weight excluding hydrogens is 390 g/mol. The van der Waals surface area contributed by atoms with Gasteiger partial charge in [0, 0.05) is 32.3 Å². The van der Waals surface area contributed by atoms with Gasteiger partial charge in [-0.05, 0) is 33.8 Å². The molecule has 2 atom stereocenters. The Morgan fingerprint density at radius 3 is 2.43 bits per heavy atom. The van der Waals surface area contributed by atoms with E-state index in [0.29, 0.717) is 5.82 Å². The molecule has 0 spiro atoms. The number of likely N-dealkylation sites (N-methyl/N-ethyl adjacent to an activating group) is 1. The van der Waals surface area contributed by atoms with Crippen LogP contribution in [0.3, 0.4) is 0 Å². The first-order valence-corrected chi connectivity index (χ1v) is 9.00. The molecule has 10 heteroatoms. The molecule has 0 saturated heterocycles. The van der Waals surface area contributed by atoms with Crippen LogP contribution in [-0.4, -0.2) is 64.3 Å². The number of nitrogens with zero attached hydrogens (tertiary/aromatic N) is 2. The molecule has 2 unspecified atom stereocenters. The van der Waals surface area contributed by atoms with E-state index in [2.05, 4.69) is 10.3 Å². The normalized spacial score (nSPS) is 13.2. The molecule has 0 aromatic carbocycles. The molecule has 0 aliphatic rings. The standard InChI is InChI=1S/C18H26ClN3O6/c1-10(19)27-16(25)11-7-8-21-14(20-5)12(11)9-13(15(23)24)22(6)17(26)28-18(2,3)4/h7-8,10,13H,9H2,1-6H3,(H,20,21)(H,23,24). The summed E-state index contributed by atoms with van der Waals surface area (Å²) in [5.74, 6) is -1.69. The molecule has 1 amide bonds. The third-order valence-electron chi connectivity index (χ3n) is 3.61. The second-order valence-electron chi connectivity index (χ2n) is 7.03. The minimum atomic E-state index is -1.30. The SMILES string of the molecule is CNc1nccc(C(=O)OC(C)Cl)c1CC(C(=O)O)N(C)C(=O)OC(C)(C)C. The van der Waals surface area contributed by atoms with Crippen LogP contribution >= 0.6 is 11.6 Å². The smallest absolute Gasteiger partial charge is 0.410 e. The fourth-order valence-electron chi connectivity index (χ4n) is 2.36. The Morgan fingerprint density at radius 1 is 1.36 bits per heavy atom. The quantitative estimate of drug-likeness (QED) is 0.515. The monoisotopic (exact) mass is 415 g/mol. The van der Waals surface area contributed by atoms with E-state index >= 15 is 0 Å². The summed E-state index contributed by atoms with van der Waals surface area (Å²) in [7, 11) is 2.90. The Hall–Kier alpha value is -2.55. The number of hydrogen-bond donors (Lipinski definition) is 2. The third kappa shape index (κ3) is 6.56. The largest absolute Gasteiger partial charge is 0.480 e. The van der Waals surface area contributed by atoms with E-state index < -0.39 is 35.2 Å². The van der Waals surface area contributed by atoms with Crippen LogP contribution in [0.4, 0.5) is 10.6 Å². The number of ether oxygens (including phenoxy) is 2. The first kappa shape index (κ1) is 23.5. The summed E-state index contributed by atoms with van der Waals surface area (Å²) >= 11 is 5.72. The Bertz CT molecular complexity index is 733. The first-order chi connectivity index (χ1) is 12.9. The molecular formula is C18H26ClN3O6. The number of aliphatic carboxylic acids is 1. The lowest BCUT2D eigenvalue weighted by Crippen LogP contribution is -2.46. The lowest BCUT2D eigenvalue weighted by molar-refractivity contribution is -0.142. The summed E-state index contributed by atoms with van der Waals surface area (Å²) < 4.78 is 10.2. The van der Waals surface area contributed by atoms with Crippen LogP contribution in [0.2, 0.25) is 0 Å². The lowest BCUT2D eigenvalue weighted by atomic mass is 10.00. The number of amides is 1. The Balaban J connectivity index is 3.27. The summed E-state index contributed by atoms with van der Waals surface area (Å²) in [6.07, 6.45) is 0.391. The highest BCUT2D eigenvalue weighted by atomic mass is 35.5. The molecule has 0 radical (unpaired) electrons. The molecule has 1 aromatic heterocycles. The predicted octanol–water partition coefficient (Wildman–Crippen LogP) is 2.73. The van der Waals surface area contributed by atoms with Crippen molar-refractivity contribution in [2.45, 2.75) is 51.3 Å². The van der Waals surface area contributed by atoms with E-state index in [1.54, 1.807) is 27.8 Å². The maximum Gasteiger partial charge on any atom is 0.410 e. The number of nitrogens with one attached hydrogen (secondary N) is 1. The van der Waals surface area contributed by atoms with Gasteiger partial charge in [-0.25, -0.2) is 19.4 Å². The number of halogens is 1. The van der Waals surface area contributed by atoms with Gasteiger partial charge in [0.05, 0.1) is 5.56 Å². The average molecular weight is 416 g/mol. The summed E-state index contributed by atoms with van der Waals surface area (Å²) in [4.78, 5) is 41.6. The van der Waals surface area contributed by atoms with Gasteiger partial charge in [0.2, 0.25) is 0 Å². The Morgan fingerprint density at radius 2 is 1.96 bits per heavy atom. The second kappa shape index (κ2) is 9.59. The fourth-order valence-corrected chi connectivity index (χ4v) is 2.44. The van der Waals surface area contributed by atoms with Crippen molar-refractivity contribution in [3.63, 3.8) is 0 Å². The number of rotatable bonds is 7. The van der Waals surface area contributed by atoms with Crippen LogP contribution in [0, 0.1) is 0 Å². The van der Waals surface area contributed by atoms with Gasteiger partial charge in [-0.1, -0.05) is 11.6 Å². The highest BCUT2D eigenvalue weighted by Gasteiger charge is 2.32. The van der Waals surface area contributed by atoms with Gasteiger partial charge < -0.3 is 19.9 Å². The van der Waals surface area contributed by atoms with Gasteiger partial charge in [0.1, 0.15) is 17.5 Å². The van der Waals surface area contributed by atoms with Gasteiger partial charge in [0.15, 0.2) is 5.56 Å². The number of hydrogen-bond acceptors (Lipinski definition) is 7. The topological polar surface area (TPSA) is 118 Å². The van der Waals surface area contributed by atoms with Gasteiger partial charge in [-0.3, -0.25) is 4.90 Å². The van der Waals surface area contributed by atoms with E-state index in [1.165, 1.54) is 26.2 Å². The number of esters is 1. The maximum atomic E-state index is 12.4. The molecule has 9 nitrogen and oxygen atoms in total. The van der Waals surface area contributed by atoms with Crippen molar-refractivity contribution in [1.82, 2.24) is 9.88 Å². The molecule has 28 heavy (non-hydrogen) atoms. The summed E-state index contributed by atoms with van der Waals surface area (Å²) in [6, 6.07) is 0.107. The molecule has 2 N–H and O–H groups in total. The first-order valence-electron chi connectivity index (χ1n) is 8.56. The van der Waals surface area contributed by atoms with Crippen molar-refractivity contribution in [3.05, 3.63) is 23.4 Å². The van der Waals surface area contributed by atoms with E-state index in [-0.39, 0.29) is 17.5 Å². The number of alkyl halides is 1. The lowest BCUT2D eigenvalue weighted by Gasteiger charge is -2.29. The molecule has 0 aliphatic heterocycles. The molecule has 1 heterocycles. The van der Waals surface area contributed by atoms with Gasteiger partial charge >= 0.3 is 18.0 Å². The van der Waals surface area contributed by atoms with Crippen molar-refractivity contribution in [3.8, 4) is 0 Å². The predicted molar refractivity (Wildman–Crippen MR) is 104 cm³/mol. The second-order valence-corrected chi connectivity index (χ2v) is 7.65. The fraction of sp³-hybridized carbons (Fsp3) is 0.556. The highest BCUT2D eigenvalue weighted by Crippen LogP contribution is 2.23. The summed E-state index contributed by atoms with van der Waals surface area (Å²) in [6.45, 7) is 6.51. The summed E-state index contributed by atoms with van der Waals surface area (Å²) in [5.41, 5.74) is -1.26. The van der Waals surface area contributed by atoms with Gasteiger partial charge in [-0.15, -0.1) is 0 Å². The zero-order valence-corrected chi connectivity index (χ0v) is 17.5. The van der Waals surface area contributed by atoms with E-state index in [9.17, 15) is 19.5 Å². The number of carbonyl (C=O) groups is 3. The van der Waals surface area contributed by atoms with Crippen molar-refractivity contribution in [1.29, 1.82) is 0 Å². The van der Waals surface area contributed by atoms with Gasteiger partial charge in [0.25, 0.3) is 0 Å². The molecule has 1 aromatic rings. The van der Waals surface area contributed by atoms with Crippen LogP contribution in [0.1, 0.15) is 43.6 Å². The molecule has 1 rings (SSSR count). The zero-order valence-electron chi connectivity index (χ0n) is 16.8. The number of carbonyl (C=O) groups excluding carboxylic acids is 2. The molecule has 0 aliphatic carbocycles. The minimum absolute atomic E-state index is 0.107. The molecule has 0 bridgehead atoms. The van der Waals surface area contributed by atoms with Crippen LogP contribution in [0.5, 0.6) is 0 Å². The molecule has 156 valence electrons. The van der Waals surface area contributed by atoms with Crippen LogP contribution in [0.15, 0.2) is 12.3 Å². The number of aromatic nitrogens is 1. The van der Waals surface area contributed by atoms with Crippen LogP contribution in [-0.2, 0) is 20.7 Å². The van der Waals surface area contributed by atoms with E-state index in [0.717, 1.165) is 4.90 Å². The number of carboxylic acids is 1. The maximum absolute atomic E-state index is 12.4. The van der Waals surface area contributed by atoms with Crippen molar-refractivity contribution < 1.29 is 29.0 Å². The minimum Gasteiger partial charge on any atom is -0.480 e. The number of anilines is 1. The number of pyridine rings is 1. The van der Waals surface area contributed by atoms with Crippen molar-refractivity contribution in [2.75, 3.05) is 19.4 Å². The molecule has 0 saturated carbocycles.